The Bertz CT molecular complexity index is 767. The molecule has 0 spiro atoms. The van der Waals surface area contributed by atoms with Crippen LogP contribution in [0.1, 0.15) is 10.4 Å². The molecule has 0 radical (unpaired) electrons. The van der Waals surface area contributed by atoms with Crippen molar-refractivity contribution in [2.24, 2.45) is 0 Å². The van der Waals surface area contributed by atoms with Crippen molar-refractivity contribution in [3.63, 3.8) is 0 Å². The van der Waals surface area contributed by atoms with Crippen LogP contribution in [0.4, 0.5) is 5.82 Å². The van der Waals surface area contributed by atoms with Crippen molar-refractivity contribution in [3.8, 4) is 0 Å². The lowest BCUT2D eigenvalue weighted by molar-refractivity contribution is 0.102. The normalized spacial score (nSPS) is 10.8. The highest BCUT2D eigenvalue weighted by molar-refractivity contribution is 9.11. The van der Waals surface area contributed by atoms with Gasteiger partial charge in [-0.25, -0.2) is 0 Å². The quantitative estimate of drug-likeness (QED) is 0.719. The van der Waals surface area contributed by atoms with Gasteiger partial charge in [-0.1, -0.05) is 17.7 Å². The number of amides is 1. The standard InChI is InChI=1S/C12H7BrClN3OS/c13-9-4-6(5-19-9)12(18)15-11-7-2-1-3-8(14)10(7)16-17-11/h1-5H,(H2,15,16,17,18). The molecule has 0 fully saturated rings. The van der Waals surface area contributed by atoms with Gasteiger partial charge in [0.05, 0.1) is 19.9 Å². The topological polar surface area (TPSA) is 57.8 Å². The van der Waals surface area contributed by atoms with E-state index in [1.54, 1.807) is 17.5 Å². The van der Waals surface area contributed by atoms with Crippen LogP contribution in [0.5, 0.6) is 0 Å². The largest absolute Gasteiger partial charge is 0.305 e. The van der Waals surface area contributed by atoms with E-state index in [0.29, 0.717) is 21.9 Å². The molecule has 2 N–H and O–H groups in total. The summed E-state index contributed by atoms with van der Waals surface area (Å²) in [5, 5.41) is 12.8. The summed E-state index contributed by atoms with van der Waals surface area (Å²) in [6.45, 7) is 0. The van der Waals surface area contributed by atoms with Crippen molar-refractivity contribution < 1.29 is 4.79 Å². The number of anilines is 1. The molecule has 0 unspecified atom stereocenters. The van der Waals surface area contributed by atoms with Crippen molar-refractivity contribution in [1.82, 2.24) is 10.2 Å². The first-order valence-corrected chi connectivity index (χ1v) is 7.38. The van der Waals surface area contributed by atoms with Crippen molar-refractivity contribution in [2.75, 3.05) is 5.32 Å². The molecular formula is C12H7BrClN3OS. The zero-order chi connectivity index (χ0) is 13.4. The number of hydrogen-bond donors (Lipinski definition) is 2. The predicted octanol–water partition coefficient (Wildman–Crippen LogP) is 4.29. The van der Waals surface area contributed by atoms with Crippen molar-refractivity contribution in [1.29, 1.82) is 0 Å². The first-order valence-electron chi connectivity index (χ1n) is 5.33. The Morgan fingerprint density at radius 2 is 2.32 bits per heavy atom. The van der Waals surface area contributed by atoms with E-state index in [1.807, 2.05) is 12.1 Å². The number of para-hydroxylation sites is 1. The number of benzene rings is 1. The molecule has 1 amide bonds. The average Bonchev–Trinajstić information content (AvgIpc) is 2.98. The second-order valence-corrected chi connectivity index (χ2v) is 6.53. The second-order valence-electron chi connectivity index (χ2n) is 3.83. The third-order valence-corrected chi connectivity index (χ3v) is 4.43. The van der Waals surface area contributed by atoms with Gasteiger partial charge in [-0.3, -0.25) is 9.89 Å². The number of hydrogen-bond acceptors (Lipinski definition) is 3. The van der Waals surface area contributed by atoms with Gasteiger partial charge in [-0.15, -0.1) is 11.3 Å². The number of aromatic amines is 1. The summed E-state index contributed by atoms with van der Waals surface area (Å²) in [4.78, 5) is 12.0. The maximum Gasteiger partial charge on any atom is 0.257 e. The maximum absolute atomic E-state index is 12.0. The van der Waals surface area contributed by atoms with Crippen LogP contribution in [0.15, 0.2) is 33.4 Å². The molecule has 0 saturated carbocycles. The molecule has 2 heterocycles. The molecule has 1 aromatic carbocycles. The number of nitrogens with zero attached hydrogens (tertiary/aromatic N) is 1. The first-order chi connectivity index (χ1) is 9.15. The third kappa shape index (κ3) is 2.39. The first kappa shape index (κ1) is 12.7. The number of nitrogens with one attached hydrogen (secondary N) is 2. The summed E-state index contributed by atoms with van der Waals surface area (Å²) in [7, 11) is 0. The number of thiophene rings is 1. The van der Waals surface area contributed by atoms with Gasteiger partial charge >= 0.3 is 0 Å². The van der Waals surface area contributed by atoms with Gasteiger partial charge in [0, 0.05) is 10.8 Å². The number of aromatic nitrogens is 2. The zero-order valence-corrected chi connectivity index (χ0v) is 12.6. The van der Waals surface area contributed by atoms with E-state index in [1.165, 1.54) is 11.3 Å². The fourth-order valence-corrected chi connectivity index (χ4v) is 3.06. The van der Waals surface area contributed by atoms with Gasteiger partial charge in [0.25, 0.3) is 5.91 Å². The molecule has 0 aliphatic rings. The minimum atomic E-state index is -0.199. The molecule has 3 aromatic rings. The number of carbonyl (C=O) groups excluding carboxylic acids is 1. The van der Waals surface area contributed by atoms with Gasteiger partial charge in [0.1, 0.15) is 0 Å². The Labute approximate surface area is 125 Å². The van der Waals surface area contributed by atoms with Gasteiger partial charge in [0.15, 0.2) is 5.82 Å². The lowest BCUT2D eigenvalue weighted by atomic mass is 10.2. The molecule has 4 nitrogen and oxygen atoms in total. The smallest absolute Gasteiger partial charge is 0.257 e. The number of carbonyl (C=O) groups is 1. The van der Waals surface area contributed by atoms with Gasteiger partial charge < -0.3 is 5.32 Å². The highest BCUT2D eigenvalue weighted by atomic mass is 79.9. The van der Waals surface area contributed by atoms with Crippen LogP contribution in [-0.4, -0.2) is 16.1 Å². The number of rotatable bonds is 2. The summed E-state index contributed by atoms with van der Waals surface area (Å²) < 4.78 is 0.910. The Morgan fingerprint density at radius 1 is 1.47 bits per heavy atom. The average molecular weight is 357 g/mol. The second kappa shape index (κ2) is 4.96. The number of H-pyrrole nitrogens is 1. The Kier molecular flexibility index (Phi) is 3.30. The zero-order valence-electron chi connectivity index (χ0n) is 9.41. The summed E-state index contributed by atoms with van der Waals surface area (Å²) in [5.41, 5.74) is 1.31. The van der Waals surface area contributed by atoms with Crippen LogP contribution in [0.2, 0.25) is 5.02 Å². The summed E-state index contributed by atoms with van der Waals surface area (Å²) in [5.74, 6) is 0.278. The predicted molar refractivity (Wildman–Crippen MR) is 81.1 cm³/mol. The van der Waals surface area contributed by atoms with Crippen LogP contribution < -0.4 is 5.32 Å². The maximum atomic E-state index is 12.0. The molecule has 7 heteroatoms. The van der Waals surface area contributed by atoms with Crippen molar-refractivity contribution in [3.05, 3.63) is 44.0 Å². The summed E-state index contributed by atoms with van der Waals surface area (Å²) in [6.07, 6.45) is 0. The van der Waals surface area contributed by atoms with Gasteiger partial charge in [0.2, 0.25) is 0 Å². The van der Waals surface area contributed by atoms with Crippen LogP contribution in [0, 0.1) is 0 Å². The third-order valence-electron chi connectivity index (χ3n) is 2.61. The van der Waals surface area contributed by atoms with Crippen LogP contribution in [-0.2, 0) is 0 Å². The monoisotopic (exact) mass is 355 g/mol. The van der Waals surface area contributed by atoms with Gasteiger partial charge in [-0.05, 0) is 34.1 Å². The fourth-order valence-electron chi connectivity index (χ4n) is 1.71. The van der Waals surface area contributed by atoms with Crippen molar-refractivity contribution >= 4 is 61.5 Å². The van der Waals surface area contributed by atoms with E-state index >= 15 is 0 Å². The lowest BCUT2D eigenvalue weighted by Gasteiger charge is -2.00. The SMILES string of the molecule is O=C(Nc1n[nH]c2c(Cl)cccc12)c1csc(Br)c1. The van der Waals surface area contributed by atoms with E-state index in [9.17, 15) is 4.79 Å². The Hall–Kier alpha value is -1.37. The molecule has 0 atom stereocenters. The van der Waals surface area contributed by atoms with Gasteiger partial charge in [-0.2, -0.15) is 5.10 Å². The van der Waals surface area contributed by atoms with Crippen LogP contribution >= 0.6 is 38.9 Å². The van der Waals surface area contributed by atoms with Crippen molar-refractivity contribution in [2.45, 2.75) is 0 Å². The Morgan fingerprint density at radius 3 is 3.05 bits per heavy atom. The highest BCUT2D eigenvalue weighted by Crippen LogP contribution is 2.27. The molecule has 96 valence electrons. The van der Waals surface area contributed by atoms with E-state index < -0.39 is 0 Å². The summed E-state index contributed by atoms with van der Waals surface area (Å²) in [6, 6.07) is 7.20. The molecule has 19 heavy (non-hydrogen) atoms. The molecule has 3 rings (SSSR count). The van der Waals surface area contributed by atoms with E-state index in [4.69, 9.17) is 11.6 Å². The number of fused-ring (bicyclic) bond motifs is 1. The van der Waals surface area contributed by atoms with E-state index in [2.05, 4.69) is 31.4 Å². The number of halogens is 2. The molecule has 0 bridgehead atoms. The molecule has 0 aliphatic carbocycles. The molecular weight excluding hydrogens is 350 g/mol. The Balaban J connectivity index is 1.94. The van der Waals surface area contributed by atoms with E-state index in [-0.39, 0.29) is 5.91 Å². The molecule has 2 aromatic heterocycles. The van der Waals surface area contributed by atoms with Crippen LogP contribution in [0.3, 0.4) is 0 Å². The molecule has 0 saturated heterocycles. The molecule has 0 aliphatic heterocycles. The minimum Gasteiger partial charge on any atom is -0.305 e. The summed E-state index contributed by atoms with van der Waals surface area (Å²) >= 11 is 10.8. The van der Waals surface area contributed by atoms with Crippen LogP contribution in [0.25, 0.3) is 10.9 Å². The lowest BCUT2D eigenvalue weighted by Crippen LogP contribution is -2.11. The highest BCUT2D eigenvalue weighted by Gasteiger charge is 2.13. The fraction of sp³-hybridized carbons (Fsp3) is 0. The van der Waals surface area contributed by atoms with E-state index in [0.717, 1.165) is 9.17 Å². The minimum absolute atomic E-state index is 0.199.